The molecule has 57 heavy (non-hydrogen) atoms. The summed E-state index contributed by atoms with van der Waals surface area (Å²) >= 11 is 0. The van der Waals surface area contributed by atoms with Gasteiger partial charge >= 0.3 is 0 Å². The van der Waals surface area contributed by atoms with Gasteiger partial charge < -0.3 is 28.9 Å². The molecular weight excluding hydrogens is 721 g/mol. The van der Waals surface area contributed by atoms with Crippen LogP contribution in [0.1, 0.15) is 79.9 Å². The number of unbranched alkanes of at least 4 members (excludes halogenated alkanes) is 2. The Hall–Kier alpha value is -5.94. The predicted octanol–water partition coefficient (Wildman–Crippen LogP) is 7.23. The van der Waals surface area contributed by atoms with Gasteiger partial charge in [0.15, 0.2) is 0 Å². The van der Waals surface area contributed by atoms with Crippen molar-refractivity contribution in [2.45, 2.75) is 39.0 Å². The van der Waals surface area contributed by atoms with Crippen molar-refractivity contribution in [3.63, 3.8) is 0 Å². The minimum Gasteiger partial charge on any atom is -0.496 e. The number of methoxy groups -OCH3 is 1. The van der Waals surface area contributed by atoms with E-state index >= 15 is 0 Å². The summed E-state index contributed by atoms with van der Waals surface area (Å²) in [6.07, 6.45) is 7.39. The molecule has 0 aliphatic carbocycles. The zero-order valence-electron chi connectivity index (χ0n) is 33.4. The van der Waals surface area contributed by atoms with Gasteiger partial charge in [-0.1, -0.05) is 54.6 Å². The van der Waals surface area contributed by atoms with Crippen molar-refractivity contribution in [2.24, 2.45) is 0 Å². The summed E-state index contributed by atoms with van der Waals surface area (Å²) in [4.78, 5) is 58.9. The van der Waals surface area contributed by atoms with Crippen LogP contribution in [0.25, 0.3) is 12.2 Å². The first-order valence-electron chi connectivity index (χ1n) is 19.7. The second-order valence-electron chi connectivity index (χ2n) is 14.5. The summed E-state index contributed by atoms with van der Waals surface area (Å²) in [5, 5.41) is 0. The number of anilines is 1. The van der Waals surface area contributed by atoms with Crippen molar-refractivity contribution in [3.8, 4) is 17.2 Å². The first-order valence-corrected chi connectivity index (χ1v) is 19.7. The largest absolute Gasteiger partial charge is 0.496 e. The first kappa shape index (κ1) is 40.7. The highest BCUT2D eigenvalue weighted by molar-refractivity contribution is 6.21. The molecule has 1 saturated heterocycles. The molecule has 4 amide bonds. The Morgan fingerprint density at radius 2 is 1.37 bits per heavy atom. The summed E-state index contributed by atoms with van der Waals surface area (Å²) in [5.74, 6) is 1.31. The summed E-state index contributed by atoms with van der Waals surface area (Å²) in [6.45, 7) is 6.51. The zero-order valence-corrected chi connectivity index (χ0v) is 33.4. The number of piperazine rings is 1. The number of nitrogens with zero attached hydrogens (tertiary/aromatic N) is 4. The van der Waals surface area contributed by atoms with Gasteiger partial charge in [-0.05, 0) is 87.7 Å². The van der Waals surface area contributed by atoms with E-state index in [2.05, 4.69) is 11.9 Å². The molecule has 0 spiro atoms. The number of rotatable bonds is 17. The van der Waals surface area contributed by atoms with Crippen LogP contribution in [0.5, 0.6) is 17.2 Å². The number of amides is 4. The van der Waals surface area contributed by atoms with Crippen LogP contribution in [-0.2, 0) is 4.79 Å². The number of hydrogen-bond donors (Lipinski definition) is 0. The number of para-hydroxylation sites is 1. The van der Waals surface area contributed by atoms with E-state index in [0.29, 0.717) is 65.7 Å². The van der Waals surface area contributed by atoms with Crippen LogP contribution in [-0.4, -0.2) is 105 Å². The summed E-state index contributed by atoms with van der Waals surface area (Å²) in [5.41, 5.74) is 4.65. The van der Waals surface area contributed by atoms with Gasteiger partial charge in [-0.25, -0.2) is 0 Å². The second kappa shape index (κ2) is 19.3. The molecule has 0 unspecified atom stereocenters. The number of likely N-dealkylation sites (N-methyl/N-ethyl adjacent to an activating group) is 1. The van der Waals surface area contributed by atoms with Crippen LogP contribution in [0.4, 0.5) is 5.69 Å². The number of carbonyl (C=O) groups excluding carboxylic acids is 4. The van der Waals surface area contributed by atoms with E-state index in [1.54, 1.807) is 55.5 Å². The fraction of sp³-hybridized carbons (Fsp3) is 0.348. The lowest BCUT2D eigenvalue weighted by Gasteiger charge is -2.32. The molecule has 298 valence electrons. The third kappa shape index (κ3) is 10.1. The van der Waals surface area contributed by atoms with E-state index in [9.17, 15) is 19.2 Å². The normalized spacial score (nSPS) is 14.2. The minimum atomic E-state index is -0.272. The molecule has 11 nitrogen and oxygen atoms in total. The topological polar surface area (TPSA) is 109 Å². The van der Waals surface area contributed by atoms with Gasteiger partial charge in [-0.15, -0.1) is 0 Å². The smallest absolute Gasteiger partial charge is 0.261 e. The molecule has 4 aromatic carbocycles. The molecular formula is C46H52N4O7. The van der Waals surface area contributed by atoms with Gasteiger partial charge in [0, 0.05) is 62.9 Å². The minimum absolute atomic E-state index is 0.208. The van der Waals surface area contributed by atoms with Gasteiger partial charge in [0.05, 0.1) is 37.1 Å². The lowest BCUT2D eigenvalue weighted by atomic mass is 10.1. The van der Waals surface area contributed by atoms with Crippen molar-refractivity contribution < 1.29 is 33.4 Å². The van der Waals surface area contributed by atoms with Crippen LogP contribution < -0.4 is 19.1 Å². The van der Waals surface area contributed by atoms with Gasteiger partial charge in [-0.3, -0.25) is 24.1 Å². The van der Waals surface area contributed by atoms with Gasteiger partial charge in [0.1, 0.15) is 17.2 Å². The number of carbonyl (C=O) groups is 4. The van der Waals surface area contributed by atoms with Crippen molar-refractivity contribution in [3.05, 3.63) is 118 Å². The summed E-state index contributed by atoms with van der Waals surface area (Å²) in [6, 6.07) is 25.7. The Morgan fingerprint density at radius 1 is 0.719 bits per heavy atom. The number of hydrogen-bond acceptors (Lipinski definition) is 8. The van der Waals surface area contributed by atoms with Crippen molar-refractivity contribution >= 4 is 41.5 Å². The molecule has 0 saturated carbocycles. The van der Waals surface area contributed by atoms with Gasteiger partial charge in [0.25, 0.3) is 17.7 Å². The van der Waals surface area contributed by atoms with E-state index in [-0.39, 0.29) is 30.2 Å². The maximum atomic E-state index is 13.8. The standard InChI is InChI=1S/C46H52N4O7/c1-33-18-23-39(42(31-33)57-29-11-5-6-17-43(51)49-27-25-47(2)26-28-49)48(3)44(52)36-22-21-35(41(32-36)55-4)20-19-34-13-7-10-16-40(34)56-30-12-24-50-45(53)37-14-8-9-15-38(37)46(50)54/h7-10,13-16,18-23,31-32H,5-6,11-12,17,24-30H2,1-4H3. The van der Waals surface area contributed by atoms with E-state index in [0.717, 1.165) is 62.1 Å². The number of benzene rings is 4. The molecule has 0 bridgehead atoms. The van der Waals surface area contributed by atoms with E-state index in [1.165, 1.54) is 4.90 Å². The van der Waals surface area contributed by atoms with Crippen LogP contribution >= 0.6 is 0 Å². The van der Waals surface area contributed by atoms with Gasteiger partial charge in [0.2, 0.25) is 5.91 Å². The van der Waals surface area contributed by atoms with Gasteiger partial charge in [-0.2, -0.15) is 0 Å². The van der Waals surface area contributed by atoms with Crippen LogP contribution in [0.2, 0.25) is 0 Å². The third-order valence-electron chi connectivity index (χ3n) is 10.4. The fourth-order valence-electron chi connectivity index (χ4n) is 7.03. The summed E-state index contributed by atoms with van der Waals surface area (Å²) < 4.78 is 18.0. The second-order valence-corrected chi connectivity index (χ2v) is 14.5. The third-order valence-corrected chi connectivity index (χ3v) is 10.4. The molecule has 11 heteroatoms. The fourth-order valence-corrected chi connectivity index (χ4v) is 7.03. The number of fused-ring (bicyclic) bond motifs is 1. The Morgan fingerprint density at radius 3 is 2.09 bits per heavy atom. The quantitative estimate of drug-likeness (QED) is 0.0629. The molecule has 6 rings (SSSR count). The first-order chi connectivity index (χ1) is 27.6. The van der Waals surface area contributed by atoms with Crippen molar-refractivity contribution in [1.82, 2.24) is 14.7 Å². The van der Waals surface area contributed by atoms with Crippen LogP contribution in [0, 0.1) is 6.92 Å². The Balaban J connectivity index is 1.02. The molecule has 1 fully saturated rings. The lowest BCUT2D eigenvalue weighted by molar-refractivity contribution is -0.132. The van der Waals surface area contributed by atoms with Crippen molar-refractivity contribution in [1.29, 1.82) is 0 Å². The monoisotopic (exact) mass is 772 g/mol. The molecule has 0 atom stereocenters. The summed E-state index contributed by atoms with van der Waals surface area (Å²) in [7, 11) is 5.39. The highest BCUT2D eigenvalue weighted by atomic mass is 16.5. The maximum Gasteiger partial charge on any atom is 0.261 e. The molecule has 0 aromatic heterocycles. The van der Waals surface area contributed by atoms with Crippen LogP contribution in [0.3, 0.4) is 0 Å². The number of imide groups is 1. The Labute approximate surface area is 335 Å². The number of aryl methyl sites for hydroxylation is 1. The zero-order chi connectivity index (χ0) is 40.3. The Kier molecular flexibility index (Phi) is 13.8. The van der Waals surface area contributed by atoms with E-state index < -0.39 is 0 Å². The SMILES string of the molecule is COc1cc(C(=O)N(C)c2ccc(C)cc2OCCCCCC(=O)N2CCN(C)CC2)ccc1C=Cc1ccccc1OCCCN1C(=O)c2ccccc2C1=O. The highest BCUT2D eigenvalue weighted by Gasteiger charge is 2.34. The molecule has 4 aromatic rings. The van der Waals surface area contributed by atoms with E-state index in [4.69, 9.17) is 14.2 Å². The molecule has 2 aliphatic heterocycles. The average Bonchev–Trinajstić information content (AvgIpc) is 3.47. The average molecular weight is 773 g/mol. The molecule has 2 aliphatic rings. The highest BCUT2D eigenvalue weighted by Crippen LogP contribution is 2.32. The molecule has 0 N–H and O–H groups in total. The maximum absolute atomic E-state index is 13.8. The lowest BCUT2D eigenvalue weighted by Crippen LogP contribution is -2.47. The Bertz CT molecular complexity index is 2070. The number of ether oxygens (including phenoxy) is 3. The predicted molar refractivity (Wildman–Crippen MR) is 222 cm³/mol. The van der Waals surface area contributed by atoms with E-state index in [1.807, 2.05) is 72.5 Å². The van der Waals surface area contributed by atoms with Crippen LogP contribution in [0.15, 0.2) is 84.9 Å². The molecule has 0 radical (unpaired) electrons. The van der Waals surface area contributed by atoms with Crippen molar-refractivity contribution in [2.75, 3.05) is 72.0 Å². The molecule has 2 heterocycles.